The molecule has 0 saturated carbocycles. The van der Waals surface area contributed by atoms with Gasteiger partial charge in [0.15, 0.2) is 0 Å². The van der Waals surface area contributed by atoms with Gasteiger partial charge in [0.2, 0.25) is 0 Å². The Morgan fingerprint density at radius 1 is 1.40 bits per heavy atom. The Labute approximate surface area is 88.0 Å². The Morgan fingerprint density at radius 2 is 1.93 bits per heavy atom. The second-order valence-corrected chi connectivity index (χ2v) is 3.69. The van der Waals surface area contributed by atoms with Crippen LogP contribution in [0.15, 0.2) is 0 Å². The predicted octanol–water partition coefficient (Wildman–Crippen LogP) is 0.969. The van der Waals surface area contributed by atoms with Gasteiger partial charge in [-0.05, 0) is 19.9 Å². The monoisotopic (exact) mass is 228 g/mol. The fraction of sp³-hybridized carbons (Fsp3) is 1.00. The van der Waals surface area contributed by atoms with E-state index in [4.69, 9.17) is 10.8 Å². The van der Waals surface area contributed by atoms with E-state index in [0.717, 1.165) is 0 Å². The molecule has 0 bridgehead atoms. The summed E-state index contributed by atoms with van der Waals surface area (Å²) >= 11 is 0. The van der Waals surface area contributed by atoms with Crippen LogP contribution in [0.25, 0.3) is 0 Å². The van der Waals surface area contributed by atoms with Crippen molar-refractivity contribution in [3.63, 3.8) is 0 Å². The molecule has 3 nitrogen and oxygen atoms in total. The Kier molecular flexibility index (Phi) is 6.16. The Bertz CT molecular complexity index is 173. The topological polar surface area (TPSA) is 49.5 Å². The number of nitrogens with zero attached hydrogens (tertiary/aromatic N) is 1. The molecular formula is C9H19F3N2O. The third kappa shape index (κ3) is 5.96. The van der Waals surface area contributed by atoms with Crippen LogP contribution in [-0.2, 0) is 0 Å². The zero-order valence-corrected chi connectivity index (χ0v) is 9.09. The molecule has 0 saturated heterocycles. The van der Waals surface area contributed by atoms with Crippen LogP contribution in [0.1, 0.15) is 20.3 Å². The summed E-state index contributed by atoms with van der Waals surface area (Å²) in [6.45, 7) is 2.30. The number of aliphatic hydroxyl groups is 1. The first kappa shape index (κ1) is 14.7. The lowest BCUT2D eigenvalue weighted by Gasteiger charge is -2.33. The summed E-state index contributed by atoms with van der Waals surface area (Å²) in [7, 11) is 0. The number of alkyl halides is 3. The van der Waals surface area contributed by atoms with Gasteiger partial charge in [-0.1, -0.05) is 6.92 Å². The number of hydrogen-bond donors (Lipinski definition) is 2. The van der Waals surface area contributed by atoms with Crippen molar-refractivity contribution in [3.8, 4) is 0 Å². The van der Waals surface area contributed by atoms with Crippen LogP contribution in [0.5, 0.6) is 0 Å². The van der Waals surface area contributed by atoms with Crippen LogP contribution >= 0.6 is 0 Å². The minimum Gasteiger partial charge on any atom is -0.395 e. The van der Waals surface area contributed by atoms with Crippen molar-refractivity contribution in [2.75, 3.05) is 19.7 Å². The Balaban J connectivity index is 4.47. The van der Waals surface area contributed by atoms with Crippen molar-refractivity contribution >= 4 is 0 Å². The van der Waals surface area contributed by atoms with Gasteiger partial charge < -0.3 is 10.8 Å². The maximum absolute atomic E-state index is 12.2. The average Bonchev–Trinajstić information content (AvgIpc) is 2.01. The second kappa shape index (κ2) is 6.30. The van der Waals surface area contributed by atoms with Gasteiger partial charge in [-0.3, -0.25) is 4.90 Å². The third-order valence-electron chi connectivity index (χ3n) is 2.16. The predicted molar refractivity (Wildman–Crippen MR) is 52.4 cm³/mol. The number of rotatable bonds is 6. The van der Waals surface area contributed by atoms with E-state index in [1.54, 1.807) is 13.8 Å². The zero-order chi connectivity index (χ0) is 12.1. The normalized spacial score (nSPS) is 16.8. The van der Waals surface area contributed by atoms with Gasteiger partial charge >= 0.3 is 6.18 Å². The average molecular weight is 228 g/mol. The maximum Gasteiger partial charge on any atom is 0.401 e. The maximum atomic E-state index is 12.2. The quantitative estimate of drug-likeness (QED) is 0.712. The van der Waals surface area contributed by atoms with Crippen LogP contribution in [0, 0.1) is 0 Å². The molecule has 0 aliphatic carbocycles. The number of halogens is 3. The summed E-state index contributed by atoms with van der Waals surface area (Å²) in [5.74, 6) is 0. The summed E-state index contributed by atoms with van der Waals surface area (Å²) in [5.41, 5.74) is 5.53. The largest absolute Gasteiger partial charge is 0.401 e. The smallest absolute Gasteiger partial charge is 0.395 e. The van der Waals surface area contributed by atoms with Crippen LogP contribution in [0.2, 0.25) is 0 Å². The zero-order valence-electron chi connectivity index (χ0n) is 9.09. The van der Waals surface area contributed by atoms with Crippen LogP contribution in [0.3, 0.4) is 0 Å². The molecule has 6 heteroatoms. The van der Waals surface area contributed by atoms with Gasteiger partial charge in [-0.25, -0.2) is 0 Å². The van der Waals surface area contributed by atoms with Crippen LogP contribution < -0.4 is 5.73 Å². The number of hydrogen-bond acceptors (Lipinski definition) is 3. The van der Waals surface area contributed by atoms with Gasteiger partial charge in [0, 0.05) is 12.1 Å². The standard InChI is InChI=1S/C9H19F3N2O/c1-3-4-14(6-9(10,11)12)8(5-15)7(2)13/h7-8,15H,3-6,13H2,1-2H3. The lowest BCUT2D eigenvalue weighted by atomic mass is 10.1. The molecule has 0 aromatic heterocycles. The first-order valence-electron chi connectivity index (χ1n) is 4.99. The van der Waals surface area contributed by atoms with Gasteiger partial charge in [0.1, 0.15) is 0 Å². The van der Waals surface area contributed by atoms with Gasteiger partial charge in [-0.2, -0.15) is 13.2 Å². The highest BCUT2D eigenvalue weighted by molar-refractivity contribution is 4.80. The van der Waals surface area contributed by atoms with Crippen molar-refractivity contribution < 1.29 is 18.3 Å². The van der Waals surface area contributed by atoms with E-state index in [-0.39, 0.29) is 13.2 Å². The molecule has 2 unspecified atom stereocenters. The molecule has 2 atom stereocenters. The third-order valence-corrected chi connectivity index (χ3v) is 2.16. The highest BCUT2D eigenvalue weighted by Crippen LogP contribution is 2.18. The SMILES string of the molecule is CCCN(CC(F)(F)F)C(CO)C(C)N. The molecular weight excluding hydrogens is 209 g/mol. The van der Waals surface area contributed by atoms with Crippen LogP contribution in [-0.4, -0.2) is 48.0 Å². The fourth-order valence-corrected chi connectivity index (χ4v) is 1.49. The summed E-state index contributed by atoms with van der Waals surface area (Å²) < 4.78 is 36.7. The molecule has 0 aromatic carbocycles. The lowest BCUT2D eigenvalue weighted by molar-refractivity contribution is -0.153. The van der Waals surface area contributed by atoms with Crippen molar-refractivity contribution in [1.82, 2.24) is 4.90 Å². The first-order valence-corrected chi connectivity index (χ1v) is 4.99. The lowest BCUT2D eigenvalue weighted by Crippen LogP contribution is -2.52. The molecule has 0 radical (unpaired) electrons. The molecule has 92 valence electrons. The van der Waals surface area contributed by atoms with E-state index in [9.17, 15) is 13.2 Å². The molecule has 0 aliphatic rings. The van der Waals surface area contributed by atoms with Gasteiger partial charge in [0.05, 0.1) is 13.2 Å². The van der Waals surface area contributed by atoms with Gasteiger partial charge in [-0.15, -0.1) is 0 Å². The minimum atomic E-state index is -4.25. The van der Waals surface area contributed by atoms with Crippen molar-refractivity contribution in [1.29, 1.82) is 0 Å². The van der Waals surface area contributed by atoms with Crippen molar-refractivity contribution in [2.24, 2.45) is 5.73 Å². The summed E-state index contributed by atoms with van der Waals surface area (Å²) in [6.07, 6.45) is -3.66. The first-order chi connectivity index (χ1) is 6.81. The molecule has 0 aromatic rings. The summed E-state index contributed by atoms with van der Waals surface area (Å²) in [6, 6.07) is -1.12. The molecule has 0 spiro atoms. The van der Waals surface area contributed by atoms with Crippen molar-refractivity contribution in [2.45, 2.75) is 38.5 Å². The molecule has 0 fully saturated rings. The van der Waals surface area contributed by atoms with E-state index < -0.39 is 24.8 Å². The van der Waals surface area contributed by atoms with E-state index in [1.807, 2.05) is 0 Å². The van der Waals surface area contributed by atoms with E-state index >= 15 is 0 Å². The Morgan fingerprint density at radius 3 is 2.20 bits per heavy atom. The second-order valence-electron chi connectivity index (χ2n) is 3.69. The van der Waals surface area contributed by atoms with Crippen molar-refractivity contribution in [3.05, 3.63) is 0 Å². The molecule has 15 heavy (non-hydrogen) atoms. The Hall–Kier alpha value is -0.330. The molecule has 0 amide bonds. The molecule has 3 N–H and O–H groups in total. The van der Waals surface area contributed by atoms with E-state index in [1.165, 1.54) is 4.90 Å². The van der Waals surface area contributed by atoms with E-state index in [0.29, 0.717) is 6.42 Å². The van der Waals surface area contributed by atoms with E-state index in [2.05, 4.69) is 0 Å². The highest BCUT2D eigenvalue weighted by atomic mass is 19.4. The number of aliphatic hydroxyl groups excluding tert-OH is 1. The highest BCUT2D eigenvalue weighted by Gasteiger charge is 2.34. The molecule has 0 heterocycles. The number of nitrogens with two attached hydrogens (primary N) is 1. The molecule has 0 rings (SSSR count). The minimum absolute atomic E-state index is 0.284. The molecule has 0 aliphatic heterocycles. The summed E-state index contributed by atoms with van der Waals surface area (Å²) in [5, 5.41) is 9.00. The van der Waals surface area contributed by atoms with Gasteiger partial charge in [0.25, 0.3) is 0 Å². The summed E-state index contributed by atoms with van der Waals surface area (Å²) in [4.78, 5) is 1.19. The van der Waals surface area contributed by atoms with Crippen LogP contribution in [0.4, 0.5) is 13.2 Å². The fourth-order valence-electron chi connectivity index (χ4n) is 1.49.